The van der Waals surface area contributed by atoms with Crippen LogP contribution < -0.4 is 20.5 Å². The third kappa shape index (κ3) is 4.31. The normalized spacial score (nSPS) is 18.0. The molecule has 1 aliphatic rings. The molecule has 1 heterocycles. The van der Waals surface area contributed by atoms with E-state index in [1.165, 1.54) is 0 Å². The summed E-state index contributed by atoms with van der Waals surface area (Å²) >= 11 is 0. The number of amides is 1. The van der Waals surface area contributed by atoms with Crippen molar-refractivity contribution < 1.29 is 18.6 Å². The maximum Gasteiger partial charge on any atom is 0.222 e. The molecule has 1 unspecified atom stereocenters. The molecule has 1 aliphatic heterocycles. The fourth-order valence-corrected chi connectivity index (χ4v) is 3.13. The van der Waals surface area contributed by atoms with E-state index in [9.17, 15) is 13.9 Å². The van der Waals surface area contributed by atoms with E-state index in [4.69, 9.17) is 10.5 Å². The first-order valence-corrected chi connectivity index (χ1v) is 9.24. The zero-order valence-electron chi connectivity index (χ0n) is 13.9. The topological polar surface area (TPSA) is 129 Å². The summed E-state index contributed by atoms with van der Waals surface area (Å²) < 4.78 is 31.5. The van der Waals surface area contributed by atoms with Crippen LogP contribution in [-0.2, 0) is 4.79 Å². The number of anilines is 1. The number of nitrogens with one attached hydrogen (secondary N) is 2. The summed E-state index contributed by atoms with van der Waals surface area (Å²) in [6, 6.07) is 5.04. The Morgan fingerprint density at radius 3 is 2.79 bits per heavy atom. The standard InChI is InChI=1S/C15H24N4O4S/c1-4-6-12(20)17-15(9(2)3)23-11-8-5-7-10-13(11)14(16)19-24(21,22)18-10/h5,7-9,15,18,21-22H,4,6H2,1-3H3,(H2,16,19)(H,17,20). The Morgan fingerprint density at radius 2 is 2.17 bits per heavy atom. The van der Waals surface area contributed by atoms with Crippen molar-refractivity contribution in [2.24, 2.45) is 16.0 Å². The van der Waals surface area contributed by atoms with Gasteiger partial charge in [-0.15, -0.1) is 4.40 Å². The molecule has 0 saturated heterocycles. The minimum absolute atomic E-state index is 0.0248. The molecule has 9 heteroatoms. The average molecular weight is 356 g/mol. The van der Waals surface area contributed by atoms with Gasteiger partial charge >= 0.3 is 0 Å². The lowest BCUT2D eigenvalue weighted by Crippen LogP contribution is -2.43. The highest BCUT2D eigenvalue weighted by atomic mass is 32.3. The Bertz CT molecular complexity index is 648. The van der Waals surface area contributed by atoms with Gasteiger partial charge in [-0.1, -0.05) is 26.8 Å². The number of nitrogens with two attached hydrogens (primary N) is 1. The molecule has 0 aromatic heterocycles. The van der Waals surface area contributed by atoms with Gasteiger partial charge in [0, 0.05) is 12.3 Å². The van der Waals surface area contributed by atoms with Crippen molar-refractivity contribution in [2.75, 3.05) is 4.72 Å². The number of amidine groups is 1. The monoisotopic (exact) mass is 356 g/mol. The lowest BCUT2D eigenvalue weighted by Gasteiger charge is -2.34. The number of rotatable bonds is 6. The van der Waals surface area contributed by atoms with Crippen LogP contribution in [0.3, 0.4) is 0 Å². The van der Waals surface area contributed by atoms with Crippen LogP contribution in [0.25, 0.3) is 0 Å². The van der Waals surface area contributed by atoms with Gasteiger partial charge in [-0.25, -0.2) is 0 Å². The maximum absolute atomic E-state index is 11.9. The van der Waals surface area contributed by atoms with Crippen molar-refractivity contribution in [2.45, 2.75) is 39.8 Å². The summed E-state index contributed by atoms with van der Waals surface area (Å²) in [6.07, 6.45) is 0.634. The van der Waals surface area contributed by atoms with Crippen molar-refractivity contribution in [3.8, 4) is 5.75 Å². The molecule has 0 spiro atoms. The summed E-state index contributed by atoms with van der Waals surface area (Å²) in [4.78, 5) is 11.9. The lowest BCUT2D eigenvalue weighted by atomic mass is 10.1. The minimum Gasteiger partial charge on any atom is -0.470 e. The van der Waals surface area contributed by atoms with E-state index in [2.05, 4.69) is 14.4 Å². The number of fused-ring (bicyclic) bond motifs is 1. The summed E-state index contributed by atoms with van der Waals surface area (Å²) in [5.74, 6) is 0.320. The fraction of sp³-hybridized carbons (Fsp3) is 0.467. The number of hydrogen-bond donors (Lipinski definition) is 5. The first-order chi connectivity index (χ1) is 11.2. The lowest BCUT2D eigenvalue weighted by molar-refractivity contribution is -0.124. The molecule has 0 saturated carbocycles. The van der Waals surface area contributed by atoms with Crippen molar-refractivity contribution in [1.29, 1.82) is 0 Å². The molecular weight excluding hydrogens is 332 g/mol. The summed E-state index contributed by atoms with van der Waals surface area (Å²) in [7, 11) is -3.35. The van der Waals surface area contributed by atoms with Crippen LogP contribution in [0.4, 0.5) is 5.69 Å². The number of ether oxygens (including phenoxy) is 1. The first kappa shape index (κ1) is 18.4. The number of benzene rings is 1. The molecule has 0 fully saturated rings. The highest BCUT2D eigenvalue weighted by Gasteiger charge is 2.27. The van der Waals surface area contributed by atoms with Gasteiger partial charge in [-0.3, -0.25) is 18.6 Å². The number of carbonyl (C=O) groups excluding carboxylic acids is 1. The Morgan fingerprint density at radius 1 is 1.46 bits per heavy atom. The second kappa shape index (κ2) is 7.29. The summed E-state index contributed by atoms with van der Waals surface area (Å²) in [5, 5.41) is 2.85. The largest absolute Gasteiger partial charge is 0.470 e. The second-order valence-corrected chi connectivity index (χ2v) is 7.30. The van der Waals surface area contributed by atoms with Crippen LogP contribution >= 0.6 is 11.0 Å². The molecular formula is C15H24N4O4S. The third-order valence-electron chi connectivity index (χ3n) is 3.39. The zero-order chi connectivity index (χ0) is 17.9. The van der Waals surface area contributed by atoms with Gasteiger partial charge in [-0.05, 0) is 29.5 Å². The van der Waals surface area contributed by atoms with E-state index < -0.39 is 17.2 Å². The summed E-state index contributed by atoms with van der Waals surface area (Å²) in [5.41, 5.74) is 6.73. The second-order valence-electron chi connectivity index (χ2n) is 5.88. The van der Waals surface area contributed by atoms with E-state index >= 15 is 0 Å². The predicted molar refractivity (Wildman–Crippen MR) is 95.9 cm³/mol. The van der Waals surface area contributed by atoms with Crippen LogP contribution in [0.15, 0.2) is 22.6 Å². The number of carbonyl (C=O) groups is 1. The molecule has 2 rings (SSSR count). The van der Waals surface area contributed by atoms with Crippen LogP contribution in [0, 0.1) is 5.92 Å². The Hall–Kier alpha value is -1.97. The Labute approximate surface area is 143 Å². The fourth-order valence-electron chi connectivity index (χ4n) is 2.26. The molecule has 134 valence electrons. The van der Waals surface area contributed by atoms with Crippen molar-refractivity contribution >= 4 is 28.4 Å². The van der Waals surface area contributed by atoms with Gasteiger partial charge in [-0.2, -0.15) is 0 Å². The molecule has 6 N–H and O–H groups in total. The van der Waals surface area contributed by atoms with Crippen molar-refractivity contribution in [1.82, 2.24) is 5.32 Å². The quantitative estimate of drug-likeness (QED) is 0.498. The van der Waals surface area contributed by atoms with Gasteiger partial charge < -0.3 is 15.8 Å². The van der Waals surface area contributed by atoms with Gasteiger partial charge in [0.15, 0.2) is 12.1 Å². The molecule has 1 amide bonds. The molecule has 24 heavy (non-hydrogen) atoms. The van der Waals surface area contributed by atoms with Gasteiger partial charge in [0.25, 0.3) is 0 Å². The van der Waals surface area contributed by atoms with E-state index in [-0.39, 0.29) is 17.7 Å². The molecule has 1 aromatic rings. The molecule has 1 atom stereocenters. The molecule has 0 aliphatic carbocycles. The van der Waals surface area contributed by atoms with Gasteiger partial charge in [0.05, 0.1) is 11.3 Å². The van der Waals surface area contributed by atoms with Gasteiger partial charge in [0.1, 0.15) is 5.75 Å². The third-order valence-corrected chi connectivity index (χ3v) is 4.34. The van der Waals surface area contributed by atoms with Crippen molar-refractivity contribution in [3.05, 3.63) is 23.8 Å². The Balaban J connectivity index is 2.28. The molecule has 8 nitrogen and oxygen atoms in total. The van der Waals surface area contributed by atoms with E-state index in [0.29, 0.717) is 23.4 Å². The molecule has 0 radical (unpaired) electrons. The summed E-state index contributed by atoms with van der Waals surface area (Å²) in [6.45, 7) is 5.79. The van der Waals surface area contributed by atoms with E-state index in [0.717, 1.165) is 6.42 Å². The van der Waals surface area contributed by atoms with Gasteiger partial charge in [0.2, 0.25) is 5.91 Å². The predicted octanol–water partition coefficient (Wildman–Crippen LogP) is 2.68. The van der Waals surface area contributed by atoms with E-state index in [1.807, 2.05) is 20.8 Å². The maximum atomic E-state index is 11.9. The first-order valence-electron chi connectivity index (χ1n) is 7.74. The minimum atomic E-state index is -3.35. The zero-order valence-corrected chi connectivity index (χ0v) is 14.8. The smallest absolute Gasteiger partial charge is 0.222 e. The molecule has 1 aromatic carbocycles. The highest BCUT2D eigenvalue weighted by Crippen LogP contribution is 2.46. The SMILES string of the molecule is CCCC(=O)NC(Oc1cccc2c1C(N)=NS(O)(O)N2)C(C)C. The van der Waals surface area contributed by atoms with Crippen molar-refractivity contribution in [3.63, 3.8) is 0 Å². The highest BCUT2D eigenvalue weighted by molar-refractivity contribution is 8.24. The number of hydrogen-bond acceptors (Lipinski definition) is 7. The Kier molecular flexibility index (Phi) is 5.58. The number of nitrogens with zero attached hydrogens (tertiary/aromatic N) is 1. The van der Waals surface area contributed by atoms with Crippen LogP contribution in [0.5, 0.6) is 5.75 Å². The van der Waals surface area contributed by atoms with Crippen LogP contribution in [0.1, 0.15) is 39.2 Å². The van der Waals surface area contributed by atoms with Crippen LogP contribution in [-0.4, -0.2) is 27.1 Å². The van der Waals surface area contributed by atoms with E-state index in [1.54, 1.807) is 18.2 Å². The average Bonchev–Trinajstić information content (AvgIpc) is 2.45. The molecule has 0 bridgehead atoms. The van der Waals surface area contributed by atoms with Crippen LogP contribution in [0.2, 0.25) is 0 Å².